The summed E-state index contributed by atoms with van der Waals surface area (Å²) < 4.78 is 2.26. The molecule has 2 heterocycles. The van der Waals surface area contributed by atoms with Gasteiger partial charge in [-0.25, -0.2) is 15.0 Å². The fourth-order valence-corrected chi connectivity index (χ4v) is 3.35. The molecule has 5 nitrogen and oxygen atoms in total. The lowest BCUT2D eigenvalue weighted by Gasteiger charge is -2.25. The van der Waals surface area contributed by atoms with Gasteiger partial charge in [-0.1, -0.05) is 6.42 Å². The van der Waals surface area contributed by atoms with Crippen molar-refractivity contribution in [3.8, 4) is 0 Å². The summed E-state index contributed by atoms with van der Waals surface area (Å²) in [6.07, 6.45) is 10.4. The zero-order chi connectivity index (χ0) is 15.9. The Balaban J connectivity index is 1.42. The van der Waals surface area contributed by atoms with Crippen LogP contribution in [0.4, 0.5) is 5.95 Å². The van der Waals surface area contributed by atoms with E-state index in [-0.39, 0.29) is 0 Å². The van der Waals surface area contributed by atoms with Crippen LogP contribution in [0.15, 0.2) is 18.5 Å². The third kappa shape index (κ3) is 3.09. The van der Waals surface area contributed by atoms with Crippen LogP contribution in [0, 0.1) is 19.3 Å². The van der Waals surface area contributed by atoms with Gasteiger partial charge in [-0.05, 0) is 45.6 Å². The average Bonchev–Trinajstić information content (AvgIpc) is 3.11. The van der Waals surface area contributed by atoms with E-state index in [4.69, 9.17) is 4.98 Å². The predicted octanol–water partition coefficient (Wildman–Crippen LogP) is 3.45. The molecule has 5 heteroatoms. The Bertz CT molecular complexity index is 697. The van der Waals surface area contributed by atoms with Crippen LogP contribution in [-0.2, 0) is 6.54 Å². The van der Waals surface area contributed by atoms with Gasteiger partial charge in [0.05, 0.1) is 0 Å². The SMILES string of the molecule is Cc1cc(C2CCC2)nc(NCC2(Cn3ccnc3C)CC2)n1. The maximum Gasteiger partial charge on any atom is 0.223 e. The van der Waals surface area contributed by atoms with Crippen LogP contribution in [0.25, 0.3) is 0 Å². The third-order valence-electron chi connectivity index (χ3n) is 5.41. The molecular formula is C18H25N5. The largest absolute Gasteiger partial charge is 0.354 e. The molecule has 0 unspecified atom stereocenters. The summed E-state index contributed by atoms with van der Waals surface area (Å²) >= 11 is 0. The third-order valence-corrected chi connectivity index (χ3v) is 5.41. The normalized spacial score (nSPS) is 19.4. The van der Waals surface area contributed by atoms with Gasteiger partial charge in [0.15, 0.2) is 0 Å². The van der Waals surface area contributed by atoms with E-state index in [1.165, 1.54) is 37.8 Å². The number of imidazole rings is 1. The molecule has 2 fully saturated rings. The number of nitrogens with one attached hydrogen (secondary N) is 1. The fourth-order valence-electron chi connectivity index (χ4n) is 3.35. The van der Waals surface area contributed by atoms with Gasteiger partial charge in [0.25, 0.3) is 0 Å². The first-order valence-corrected chi connectivity index (χ1v) is 8.71. The highest BCUT2D eigenvalue weighted by atomic mass is 15.1. The van der Waals surface area contributed by atoms with E-state index in [2.05, 4.69) is 46.0 Å². The number of hydrogen-bond acceptors (Lipinski definition) is 4. The smallest absolute Gasteiger partial charge is 0.223 e. The molecule has 0 aromatic carbocycles. The van der Waals surface area contributed by atoms with Crippen LogP contribution in [0.3, 0.4) is 0 Å². The minimum atomic E-state index is 0.342. The van der Waals surface area contributed by atoms with Crippen molar-refractivity contribution in [3.63, 3.8) is 0 Å². The Morgan fingerprint density at radius 2 is 2.09 bits per heavy atom. The second-order valence-electron chi connectivity index (χ2n) is 7.34. The molecule has 2 aliphatic carbocycles. The fraction of sp³-hybridized carbons (Fsp3) is 0.611. The van der Waals surface area contributed by atoms with Crippen molar-refractivity contribution >= 4 is 5.95 Å². The molecule has 2 aromatic heterocycles. The van der Waals surface area contributed by atoms with Crippen LogP contribution in [0.2, 0.25) is 0 Å². The molecule has 0 amide bonds. The van der Waals surface area contributed by atoms with Gasteiger partial charge in [-0.15, -0.1) is 0 Å². The van der Waals surface area contributed by atoms with Crippen molar-refractivity contribution in [3.05, 3.63) is 35.7 Å². The number of hydrogen-bond donors (Lipinski definition) is 1. The highest BCUT2D eigenvalue weighted by Crippen LogP contribution is 2.47. The Morgan fingerprint density at radius 1 is 1.26 bits per heavy atom. The maximum absolute atomic E-state index is 4.76. The summed E-state index contributed by atoms with van der Waals surface area (Å²) in [5.41, 5.74) is 2.64. The van der Waals surface area contributed by atoms with E-state index < -0.39 is 0 Å². The lowest BCUT2D eigenvalue weighted by molar-refractivity contribution is 0.410. The van der Waals surface area contributed by atoms with Gasteiger partial charge in [0, 0.05) is 48.2 Å². The Hall–Kier alpha value is -1.91. The van der Waals surface area contributed by atoms with Crippen molar-refractivity contribution < 1.29 is 0 Å². The molecule has 0 bridgehead atoms. The predicted molar refractivity (Wildman–Crippen MR) is 90.5 cm³/mol. The maximum atomic E-state index is 4.76. The minimum absolute atomic E-state index is 0.342. The molecule has 122 valence electrons. The molecule has 0 spiro atoms. The Labute approximate surface area is 137 Å². The number of nitrogens with zero attached hydrogens (tertiary/aromatic N) is 4. The van der Waals surface area contributed by atoms with E-state index in [1.807, 2.05) is 6.20 Å². The molecule has 2 saturated carbocycles. The van der Waals surface area contributed by atoms with E-state index in [9.17, 15) is 0 Å². The summed E-state index contributed by atoms with van der Waals surface area (Å²) in [4.78, 5) is 13.7. The van der Waals surface area contributed by atoms with Crippen LogP contribution in [0.5, 0.6) is 0 Å². The first-order chi connectivity index (χ1) is 11.1. The van der Waals surface area contributed by atoms with Crippen LogP contribution >= 0.6 is 0 Å². The summed E-state index contributed by atoms with van der Waals surface area (Å²) in [5.74, 6) is 2.55. The second-order valence-corrected chi connectivity index (χ2v) is 7.34. The molecule has 23 heavy (non-hydrogen) atoms. The first-order valence-electron chi connectivity index (χ1n) is 8.71. The van der Waals surface area contributed by atoms with Gasteiger partial charge in [-0.2, -0.15) is 0 Å². The van der Waals surface area contributed by atoms with E-state index >= 15 is 0 Å². The first kappa shape index (κ1) is 14.7. The highest BCUT2D eigenvalue weighted by Gasteiger charge is 2.43. The van der Waals surface area contributed by atoms with E-state index in [0.717, 1.165) is 30.6 Å². The van der Waals surface area contributed by atoms with Crippen molar-refractivity contribution in [1.29, 1.82) is 0 Å². The number of aryl methyl sites for hydroxylation is 2. The van der Waals surface area contributed by atoms with Gasteiger partial charge < -0.3 is 9.88 Å². The molecule has 0 aliphatic heterocycles. The number of rotatable bonds is 6. The minimum Gasteiger partial charge on any atom is -0.354 e. The molecule has 0 atom stereocenters. The summed E-state index contributed by atoms with van der Waals surface area (Å²) in [5, 5.41) is 3.51. The van der Waals surface area contributed by atoms with E-state index in [1.54, 1.807) is 0 Å². The summed E-state index contributed by atoms with van der Waals surface area (Å²) in [7, 11) is 0. The van der Waals surface area contributed by atoms with Gasteiger partial charge >= 0.3 is 0 Å². The topological polar surface area (TPSA) is 55.6 Å². The van der Waals surface area contributed by atoms with Crippen molar-refractivity contribution in [2.45, 2.75) is 58.4 Å². The van der Waals surface area contributed by atoms with Crippen molar-refractivity contribution in [2.75, 3.05) is 11.9 Å². The zero-order valence-corrected chi connectivity index (χ0v) is 14.0. The molecular weight excluding hydrogens is 286 g/mol. The Morgan fingerprint density at radius 3 is 2.70 bits per heavy atom. The van der Waals surface area contributed by atoms with E-state index in [0.29, 0.717) is 11.3 Å². The van der Waals surface area contributed by atoms with Gasteiger partial charge in [0.1, 0.15) is 5.82 Å². The molecule has 1 N–H and O–H groups in total. The van der Waals surface area contributed by atoms with Crippen LogP contribution in [-0.4, -0.2) is 26.1 Å². The van der Waals surface area contributed by atoms with Crippen LogP contribution in [0.1, 0.15) is 55.2 Å². The number of anilines is 1. The lowest BCUT2D eigenvalue weighted by Crippen LogP contribution is -2.23. The monoisotopic (exact) mass is 311 g/mol. The van der Waals surface area contributed by atoms with Crippen molar-refractivity contribution in [2.24, 2.45) is 5.41 Å². The van der Waals surface area contributed by atoms with Crippen LogP contribution < -0.4 is 5.32 Å². The Kier molecular flexibility index (Phi) is 3.58. The molecule has 0 saturated heterocycles. The zero-order valence-electron chi connectivity index (χ0n) is 14.0. The van der Waals surface area contributed by atoms with Gasteiger partial charge in [-0.3, -0.25) is 0 Å². The molecule has 4 rings (SSSR count). The van der Waals surface area contributed by atoms with Crippen molar-refractivity contribution in [1.82, 2.24) is 19.5 Å². The second kappa shape index (κ2) is 5.62. The summed E-state index contributed by atoms with van der Waals surface area (Å²) in [6.45, 7) is 6.11. The van der Waals surface area contributed by atoms with Gasteiger partial charge in [0.2, 0.25) is 5.95 Å². The standard InChI is InChI=1S/C18H25N5/c1-13-10-16(15-4-3-5-15)22-17(21-13)20-11-18(6-7-18)12-23-9-8-19-14(23)2/h8-10,15H,3-7,11-12H2,1-2H3,(H,20,21,22). The summed E-state index contributed by atoms with van der Waals surface area (Å²) in [6, 6.07) is 2.15. The quantitative estimate of drug-likeness (QED) is 0.888. The lowest BCUT2D eigenvalue weighted by atomic mass is 9.83. The molecule has 0 radical (unpaired) electrons. The highest BCUT2D eigenvalue weighted by molar-refractivity contribution is 5.31. The average molecular weight is 311 g/mol. The molecule has 2 aromatic rings. The number of aromatic nitrogens is 4. The molecule has 2 aliphatic rings.